The van der Waals surface area contributed by atoms with Crippen LogP contribution in [0.2, 0.25) is 0 Å². The summed E-state index contributed by atoms with van der Waals surface area (Å²) in [5.74, 6) is 0.493. The number of alkyl halides is 1. The van der Waals surface area contributed by atoms with Gasteiger partial charge in [0.25, 0.3) is 0 Å². The summed E-state index contributed by atoms with van der Waals surface area (Å²) in [6, 6.07) is 1.93. The number of aryl methyl sites for hydroxylation is 1. The van der Waals surface area contributed by atoms with Crippen LogP contribution >= 0.6 is 11.6 Å². The molecule has 1 aromatic heterocycles. The molecule has 90 valence electrons. The van der Waals surface area contributed by atoms with E-state index in [-0.39, 0.29) is 5.78 Å². The van der Waals surface area contributed by atoms with E-state index in [4.69, 9.17) is 16.3 Å². The van der Waals surface area contributed by atoms with Crippen LogP contribution in [0.15, 0.2) is 6.07 Å². The fourth-order valence-electron chi connectivity index (χ4n) is 1.83. The minimum absolute atomic E-state index is 0.117. The normalized spacial score (nSPS) is 10.8. The summed E-state index contributed by atoms with van der Waals surface area (Å²) in [6.07, 6.45) is 0.399. The molecule has 0 aliphatic carbocycles. The van der Waals surface area contributed by atoms with Gasteiger partial charge in [-0.15, -0.1) is 11.6 Å². The fraction of sp³-hybridized carbons (Fsp3) is 0.583. The lowest BCUT2D eigenvalue weighted by molar-refractivity contribution is 0.0988. The third-order valence-electron chi connectivity index (χ3n) is 2.71. The van der Waals surface area contributed by atoms with Crippen molar-refractivity contribution in [2.45, 2.75) is 26.8 Å². The van der Waals surface area contributed by atoms with Gasteiger partial charge in [0.05, 0.1) is 6.61 Å². The summed E-state index contributed by atoms with van der Waals surface area (Å²) in [5.41, 5.74) is 2.88. The van der Waals surface area contributed by atoms with E-state index in [0.29, 0.717) is 18.9 Å². The van der Waals surface area contributed by atoms with E-state index in [9.17, 15) is 4.79 Å². The lowest BCUT2D eigenvalue weighted by Crippen LogP contribution is -2.09. The number of carbonyl (C=O) groups is 1. The molecule has 0 aliphatic heterocycles. The summed E-state index contributed by atoms with van der Waals surface area (Å²) < 4.78 is 7.15. The van der Waals surface area contributed by atoms with Crippen molar-refractivity contribution in [1.82, 2.24) is 4.57 Å². The van der Waals surface area contributed by atoms with Gasteiger partial charge < -0.3 is 9.30 Å². The second kappa shape index (κ2) is 6.06. The Morgan fingerprint density at radius 3 is 2.75 bits per heavy atom. The lowest BCUT2D eigenvalue weighted by Gasteiger charge is -2.08. The van der Waals surface area contributed by atoms with Gasteiger partial charge >= 0.3 is 0 Å². The zero-order valence-electron chi connectivity index (χ0n) is 10.0. The first-order valence-electron chi connectivity index (χ1n) is 5.36. The number of rotatable bonds is 6. The molecule has 0 N–H and O–H groups in total. The highest BCUT2D eigenvalue weighted by molar-refractivity contribution is 6.19. The quantitative estimate of drug-likeness (QED) is 0.568. The Kier molecular flexibility index (Phi) is 5.03. The van der Waals surface area contributed by atoms with Gasteiger partial charge in [-0.3, -0.25) is 4.79 Å². The number of carbonyl (C=O) groups excluding carboxylic acids is 1. The molecule has 0 bridgehead atoms. The van der Waals surface area contributed by atoms with Crippen LogP contribution in [-0.4, -0.2) is 29.9 Å². The molecule has 0 amide bonds. The average Bonchev–Trinajstić information content (AvgIpc) is 2.53. The van der Waals surface area contributed by atoms with E-state index in [1.807, 2.05) is 19.9 Å². The summed E-state index contributed by atoms with van der Waals surface area (Å²) in [7, 11) is 1.67. The maximum absolute atomic E-state index is 11.8. The van der Waals surface area contributed by atoms with Crippen molar-refractivity contribution in [2.75, 3.05) is 19.6 Å². The molecule has 0 saturated carbocycles. The van der Waals surface area contributed by atoms with Gasteiger partial charge in [-0.2, -0.15) is 0 Å². The molecule has 0 fully saturated rings. The Bertz CT molecular complexity index is 371. The van der Waals surface area contributed by atoms with Crippen LogP contribution in [-0.2, 0) is 11.3 Å². The number of aromatic nitrogens is 1. The zero-order chi connectivity index (χ0) is 12.1. The zero-order valence-corrected chi connectivity index (χ0v) is 10.8. The van der Waals surface area contributed by atoms with Gasteiger partial charge in [0.15, 0.2) is 5.78 Å². The predicted molar refractivity (Wildman–Crippen MR) is 65.4 cm³/mol. The molecule has 0 aliphatic rings. The van der Waals surface area contributed by atoms with Crippen molar-refractivity contribution in [2.24, 2.45) is 0 Å². The first-order chi connectivity index (χ1) is 7.61. The predicted octanol–water partition coefficient (Wildman–Crippen LogP) is 2.56. The number of methoxy groups -OCH3 is 1. The van der Waals surface area contributed by atoms with Crippen LogP contribution in [0.4, 0.5) is 0 Å². The van der Waals surface area contributed by atoms with Crippen molar-refractivity contribution in [3.63, 3.8) is 0 Å². The minimum Gasteiger partial charge on any atom is -0.383 e. The summed E-state index contributed by atoms with van der Waals surface area (Å²) in [6.45, 7) is 5.39. The SMILES string of the molecule is COCCn1c(C)cc(C(=O)CCCl)c1C. The average molecular weight is 244 g/mol. The Balaban J connectivity index is 2.92. The number of ketones is 1. The molecule has 0 radical (unpaired) electrons. The largest absolute Gasteiger partial charge is 0.383 e. The molecule has 0 unspecified atom stereocenters. The van der Waals surface area contributed by atoms with Crippen molar-refractivity contribution in [3.05, 3.63) is 23.0 Å². The first-order valence-corrected chi connectivity index (χ1v) is 5.90. The highest BCUT2D eigenvalue weighted by Gasteiger charge is 2.14. The molecule has 0 saturated heterocycles. The van der Waals surface area contributed by atoms with Gasteiger partial charge in [-0.1, -0.05) is 0 Å². The third-order valence-corrected chi connectivity index (χ3v) is 2.90. The molecular formula is C12H18ClNO2. The van der Waals surface area contributed by atoms with Gasteiger partial charge in [-0.05, 0) is 19.9 Å². The van der Waals surface area contributed by atoms with E-state index >= 15 is 0 Å². The molecule has 1 heterocycles. The first kappa shape index (κ1) is 13.3. The molecular weight excluding hydrogens is 226 g/mol. The maximum atomic E-state index is 11.8. The molecule has 16 heavy (non-hydrogen) atoms. The molecule has 3 nitrogen and oxygen atoms in total. The number of hydrogen-bond acceptors (Lipinski definition) is 2. The van der Waals surface area contributed by atoms with Crippen LogP contribution < -0.4 is 0 Å². The van der Waals surface area contributed by atoms with Crippen LogP contribution in [0.25, 0.3) is 0 Å². The maximum Gasteiger partial charge on any atom is 0.165 e. The Labute approximate surface area is 101 Å². The summed E-state index contributed by atoms with van der Waals surface area (Å²) >= 11 is 5.58. The van der Waals surface area contributed by atoms with E-state index < -0.39 is 0 Å². The molecule has 1 rings (SSSR count). The van der Waals surface area contributed by atoms with Gasteiger partial charge in [0.2, 0.25) is 0 Å². The molecule has 0 atom stereocenters. The molecule has 1 aromatic rings. The number of Topliss-reactive ketones (excluding diaryl/α,β-unsaturated/α-hetero) is 1. The minimum atomic E-state index is 0.117. The van der Waals surface area contributed by atoms with Crippen LogP contribution in [0.5, 0.6) is 0 Å². The lowest BCUT2D eigenvalue weighted by atomic mass is 10.1. The standard InChI is InChI=1S/C12H18ClNO2/c1-9-8-11(12(15)4-5-13)10(2)14(9)6-7-16-3/h8H,4-7H2,1-3H3. The summed E-state index contributed by atoms with van der Waals surface area (Å²) in [5, 5.41) is 0. The Morgan fingerprint density at radius 1 is 1.50 bits per heavy atom. The third kappa shape index (κ3) is 2.86. The van der Waals surface area contributed by atoms with Crippen molar-refractivity contribution < 1.29 is 9.53 Å². The van der Waals surface area contributed by atoms with Gasteiger partial charge in [0, 0.05) is 42.9 Å². The molecule has 4 heteroatoms. The number of hydrogen-bond donors (Lipinski definition) is 0. The van der Waals surface area contributed by atoms with E-state index in [1.165, 1.54) is 0 Å². The summed E-state index contributed by atoms with van der Waals surface area (Å²) in [4.78, 5) is 11.8. The van der Waals surface area contributed by atoms with E-state index in [2.05, 4.69) is 4.57 Å². The highest BCUT2D eigenvalue weighted by atomic mass is 35.5. The van der Waals surface area contributed by atoms with E-state index in [0.717, 1.165) is 23.5 Å². The van der Waals surface area contributed by atoms with Crippen molar-refractivity contribution in [3.8, 4) is 0 Å². The second-order valence-electron chi connectivity index (χ2n) is 3.79. The Hall–Kier alpha value is -0.800. The molecule has 0 aromatic carbocycles. The monoisotopic (exact) mass is 243 g/mol. The molecule has 0 spiro atoms. The topological polar surface area (TPSA) is 31.2 Å². The second-order valence-corrected chi connectivity index (χ2v) is 4.17. The van der Waals surface area contributed by atoms with Crippen molar-refractivity contribution in [1.29, 1.82) is 0 Å². The highest BCUT2D eigenvalue weighted by Crippen LogP contribution is 2.17. The fourth-order valence-corrected chi connectivity index (χ4v) is 2.00. The number of halogens is 1. The van der Waals surface area contributed by atoms with Crippen LogP contribution in [0.1, 0.15) is 28.2 Å². The van der Waals surface area contributed by atoms with Gasteiger partial charge in [-0.25, -0.2) is 0 Å². The smallest absolute Gasteiger partial charge is 0.165 e. The van der Waals surface area contributed by atoms with Gasteiger partial charge in [0.1, 0.15) is 0 Å². The number of ether oxygens (including phenoxy) is 1. The number of nitrogens with zero attached hydrogens (tertiary/aromatic N) is 1. The van der Waals surface area contributed by atoms with Crippen LogP contribution in [0, 0.1) is 13.8 Å². The Morgan fingerprint density at radius 2 is 2.19 bits per heavy atom. The van der Waals surface area contributed by atoms with E-state index in [1.54, 1.807) is 7.11 Å². The van der Waals surface area contributed by atoms with Crippen molar-refractivity contribution >= 4 is 17.4 Å². The van der Waals surface area contributed by atoms with Crippen LogP contribution in [0.3, 0.4) is 0 Å².